The highest BCUT2D eigenvalue weighted by Crippen LogP contribution is 2.27. The van der Waals surface area contributed by atoms with E-state index in [2.05, 4.69) is 4.90 Å². The number of methoxy groups -OCH3 is 1. The molecule has 1 aliphatic heterocycles. The van der Waals surface area contributed by atoms with Gasteiger partial charge in [-0.1, -0.05) is 48.0 Å². The van der Waals surface area contributed by atoms with Gasteiger partial charge in [-0.05, 0) is 43.6 Å². The van der Waals surface area contributed by atoms with E-state index in [1.807, 2.05) is 48.5 Å². The van der Waals surface area contributed by atoms with Crippen molar-refractivity contribution in [3.05, 3.63) is 70.9 Å². The van der Waals surface area contributed by atoms with Crippen LogP contribution in [0.5, 0.6) is 0 Å². The summed E-state index contributed by atoms with van der Waals surface area (Å²) in [6.45, 7) is 2.47. The van der Waals surface area contributed by atoms with Gasteiger partial charge < -0.3 is 4.74 Å². The summed E-state index contributed by atoms with van der Waals surface area (Å²) in [5, 5.41) is 1.52. The van der Waals surface area contributed by atoms with E-state index >= 15 is 0 Å². The molecule has 0 amide bonds. The Morgan fingerprint density at radius 3 is 2.48 bits per heavy atom. The molecule has 0 saturated carbocycles. The first kappa shape index (κ1) is 19.7. The summed E-state index contributed by atoms with van der Waals surface area (Å²) in [4.78, 5) is 27.7. The molecule has 29 heavy (non-hydrogen) atoms. The number of carbonyl (C=O) groups excluding carboxylic acids is 2. The van der Waals surface area contributed by atoms with Gasteiger partial charge >= 0.3 is 5.97 Å². The van der Waals surface area contributed by atoms with Gasteiger partial charge in [0.1, 0.15) is 0 Å². The number of fused-ring (bicyclic) bond motifs is 1. The molecular formula is C23H23ClN2O3. The molecule has 0 spiro atoms. The Bertz CT molecular complexity index is 1050. The highest BCUT2D eigenvalue weighted by molar-refractivity contribution is 6.31. The van der Waals surface area contributed by atoms with Crippen LogP contribution >= 0.6 is 11.6 Å². The molecule has 0 atom stereocenters. The van der Waals surface area contributed by atoms with E-state index in [1.54, 1.807) is 10.8 Å². The summed E-state index contributed by atoms with van der Waals surface area (Å²) in [5.74, 6) is -0.463. The molecule has 2 heterocycles. The van der Waals surface area contributed by atoms with E-state index in [1.165, 1.54) is 7.11 Å². The predicted octanol–water partition coefficient (Wildman–Crippen LogP) is 4.63. The second-order valence-corrected chi connectivity index (χ2v) is 7.81. The molecule has 2 aromatic carbocycles. The second kappa shape index (κ2) is 8.39. The molecule has 0 radical (unpaired) electrons. The van der Waals surface area contributed by atoms with Gasteiger partial charge in [0.2, 0.25) is 5.91 Å². The molecule has 0 aliphatic carbocycles. The fraction of sp³-hybridized carbons (Fsp3) is 0.304. The predicted molar refractivity (Wildman–Crippen MR) is 113 cm³/mol. The van der Waals surface area contributed by atoms with Crippen molar-refractivity contribution in [1.29, 1.82) is 0 Å². The first-order valence-electron chi connectivity index (χ1n) is 9.77. The average Bonchev–Trinajstić information content (AvgIpc) is 3.14. The van der Waals surface area contributed by atoms with Crippen LogP contribution in [0.3, 0.4) is 0 Å². The lowest BCUT2D eigenvalue weighted by Gasteiger charge is -2.31. The maximum atomic E-state index is 13.2. The zero-order valence-corrected chi connectivity index (χ0v) is 17.1. The Morgan fingerprint density at radius 1 is 1.07 bits per heavy atom. The Kier molecular flexibility index (Phi) is 5.69. The first-order chi connectivity index (χ1) is 14.1. The summed E-state index contributed by atoms with van der Waals surface area (Å²) in [6, 6.07) is 15.3. The smallest absolute Gasteiger partial charge is 0.340 e. The van der Waals surface area contributed by atoms with Crippen LogP contribution in [0.25, 0.3) is 10.9 Å². The maximum Gasteiger partial charge on any atom is 0.340 e. The summed E-state index contributed by atoms with van der Waals surface area (Å²) in [7, 11) is 1.35. The number of halogens is 1. The fourth-order valence-corrected chi connectivity index (χ4v) is 4.23. The van der Waals surface area contributed by atoms with Gasteiger partial charge in [0.05, 0.1) is 18.2 Å². The Balaban J connectivity index is 1.49. The van der Waals surface area contributed by atoms with Crippen LogP contribution in [0.15, 0.2) is 54.7 Å². The summed E-state index contributed by atoms with van der Waals surface area (Å²) in [6.07, 6.45) is 3.18. The largest absolute Gasteiger partial charge is 0.465 e. The van der Waals surface area contributed by atoms with E-state index in [4.69, 9.17) is 16.3 Å². The first-order valence-corrected chi connectivity index (χ1v) is 10.1. The number of hydrogen-bond acceptors (Lipinski definition) is 4. The zero-order chi connectivity index (χ0) is 20.4. The Hall–Kier alpha value is -2.63. The van der Waals surface area contributed by atoms with Gasteiger partial charge in [0, 0.05) is 29.1 Å². The molecule has 4 rings (SSSR count). The van der Waals surface area contributed by atoms with Crippen LogP contribution in [0.2, 0.25) is 5.02 Å². The molecule has 6 heteroatoms. The summed E-state index contributed by atoms with van der Waals surface area (Å²) >= 11 is 6.28. The minimum atomic E-state index is -0.428. The molecule has 0 bridgehead atoms. The second-order valence-electron chi connectivity index (χ2n) is 7.40. The molecule has 1 saturated heterocycles. The van der Waals surface area contributed by atoms with E-state index in [9.17, 15) is 9.59 Å². The minimum absolute atomic E-state index is 0.0359. The molecule has 1 fully saturated rings. The van der Waals surface area contributed by atoms with Crippen LogP contribution in [0.1, 0.15) is 33.6 Å². The molecule has 5 nitrogen and oxygen atoms in total. The number of rotatable bonds is 4. The van der Waals surface area contributed by atoms with Gasteiger partial charge in [-0.2, -0.15) is 0 Å². The molecule has 0 unspecified atom stereocenters. The van der Waals surface area contributed by atoms with E-state index in [0.29, 0.717) is 5.56 Å². The number of ether oxygens (including phenoxy) is 1. The Labute approximate surface area is 174 Å². The normalized spacial score (nSPS) is 15.5. The highest BCUT2D eigenvalue weighted by Gasteiger charge is 2.28. The van der Waals surface area contributed by atoms with Gasteiger partial charge in [-0.3, -0.25) is 14.3 Å². The average molecular weight is 411 g/mol. The van der Waals surface area contributed by atoms with Gasteiger partial charge in [-0.15, -0.1) is 0 Å². The van der Waals surface area contributed by atoms with Gasteiger partial charge in [-0.25, -0.2) is 4.79 Å². The molecule has 1 aromatic heterocycles. The van der Waals surface area contributed by atoms with Crippen molar-refractivity contribution in [2.24, 2.45) is 5.92 Å². The third kappa shape index (κ3) is 3.93. The third-order valence-electron chi connectivity index (χ3n) is 5.64. The quantitative estimate of drug-likeness (QED) is 0.588. The fourth-order valence-electron chi connectivity index (χ4n) is 4.04. The number of para-hydroxylation sites is 1. The Morgan fingerprint density at radius 2 is 1.76 bits per heavy atom. The lowest BCUT2D eigenvalue weighted by Crippen LogP contribution is -2.37. The van der Waals surface area contributed by atoms with Crippen LogP contribution in [0, 0.1) is 5.92 Å². The standard InChI is InChI=1S/C23H23ClN2O3/c1-29-23(28)19-15-26(21-9-5-3-7-18(19)21)22(27)16-10-12-25(13-11-16)14-17-6-2-4-8-20(17)24/h2-9,15-16H,10-14H2,1H3. The number of benzene rings is 2. The van der Waals surface area contributed by atoms with E-state index in [-0.39, 0.29) is 11.8 Å². The number of aromatic nitrogens is 1. The number of piperidine rings is 1. The summed E-state index contributed by atoms with van der Waals surface area (Å²) in [5.41, 5.74) is 2.28. The topological polar surface area (TPSA) is 51.5 Å². The van der Waals surface area contributed by atoms with Crippen LogP contribution in [-0.4, -0.2) is 41.5 Å². The summed E-state index contributed by atoms with van der Waals surface area (Å²) < 4.78 is 6.50. The number of nitrogens with zero attached hydrogens (tertiary/aromatic N) is 2. The van der Waals surface area contributed by atoms with Crippen molar-refractivity contribution >= 4 is 34.4 Å². The van der Waals surface area contributed by atoms with Crippen LogP contribution in [-0.2, 0) is 11.3 Å². The van der Waals surface area contributed by atoms with Crippen molar-refractivity contribution in [3.63, 3.8) is 0 Å². The van der Waals surface area contributed by atoms with Crippen molar-refractivity contribution < 1.29 is 14.3 Å². The maximum absolute atomic E-state index is 13.2. The number of esters is 1. The molecule has 0 N–H and O–H groups in total. The minimum Gasteiger partial charge on any atom is -0.465 e. The lowest BCUT2D eigenvalue weighted by molar-refractivity contribution is 0.0603. The highest BCUT2D eigenvalue weighted by atomic mass is 35.5. The van der Waals surface area contributed by atoms with Crippen molar-refractivity contribution in [2.75, 3.05) is 20.2 Å². The SMILES string of the molecule is COC(=O)c1cn(C(=O)C2CCN(Cc3ccccc3Cl)CC2)c2ccccc12. The molecule has 150 valence electrons. The third-order valence-corrected chi connectivity index (χ3v) is 6.01. The van der Waals surface area contributed by atoms with Gasteiger partial charge in [0.25, 0.3) is 0 Å². The molecule has 1 aliphatic rings. The van der Waals surface area contributed by atoms with E-state index < -0.39 is 5.97 Å². The monoisotopic (exact) mass is 410 g/mol. The van der Waals surface area contributed by atoms with Crippen molar-refractivity contribution in [3.8, 4) is 0 Å². The molecular weight excluding hydrogens is 388 g/mol. The van der Waals surface area contributed by atoms with Crippen molar-refractivity contribution in [2.45, 2.75) is 19.4 Å². The van der Waals surface area contributed by atoms with Crippen LogP contribution in [0.4, 0.5) is 0 Å². The lowest BCUT2D eigenvalue weighted by atomic mass is 9.95. The van der Waals surface area contributed by atoms with E-state index in [0.717, 1.165) is 54.0 Å². The van der Waals surface area contributed by atoms with Crippen molar-refractivity contribution in [1.82, 2.24) is 9.47 Å². The zero-order valence-electron chi connectivity index (χ0n) is 16.3. The number of carbonyl (C=O) groups is 2. The van der Waals surface area contributed by atoms with Gasteiger partial charge in [0.15, 0.2) is 0 Å². The number of likely N-dealkylation sites (tertiary alicyclic amines) is 1. The van der Waals surface area contributed by atoms with Crippen LogP contribution < -0.4 is 0 Å². The number of hydrogen-bond donors (Lipinski definition) is 0. The molecule has 3 aromatic rings.